The first kappa shape index (κ1) is 13.5. The lowest BCUT2D eigenvalue weighted by Gasteiger charge is -2.15. The molecule has 0 radical (unpaired) electrons. The Balaban J connectivity index is 0.000000185. The van der Waals surface area contributed by atoms with E-state index < -0.39 is 17.4 Å². The first-order valence-corrected chi connectivity index (χ1v) is 5.96. The van der Waals surface area contributed by atoms with E-state index in [0.29, 0.717) is 0 Å². The van der Waals surface area contributed by atoms with Crippen molar-refractivity contribution in [3.8, 4) is 5.75 Å². The third-order valence-corrected chi connectivity index (χ3v) is 2.33. The fraction of sp³-hybridized carbons (Fsp3) is 0.300. The number of fused-ring (bicyclic) bond motifs is 1. The van der Waals surface area contributed by atoms with E-state index in [1.165, 1.54) is 12.0 Å². The third kappa shape index (κ3) is 5.32. The van der Waals surface area contributed by atoms with Crippen LogP contribution in [0.5, 0.6) is 5.75 Å². The zero-order valence-electron chi connectivity index (χ0n) is 8.92. The molecular weight excluding hydrogens is 246 g/mol. The fourth-order valence-corrected chi connectivity index (χ4v) is 1.51. The predicted molar refractivity (Wildman–Crippen MR) is 60.3 cm³/mol. The van der Waals surface area contributed by atoms with Crippen LogP contribution in [0.25, 0.3) is 0 Å². The molecule has 1 aliphatic heterocycles. The van der Waals surface area contributed by atoms with Crippen molar-refractivity contribution in [3.05, 3.63) is 29.8 Å². The summed E-state index contributed by atoms with van der Waals surface area (Å²) in [6.45, 7) is 0.886. The number of ether oxygens (including phenoxy) is 1. The van der Waals surface area contributed by atoms with Gasteiger partial charge in [0.15, 0.2) is 0 Å². The normalized spacial score (nSPS) is 14.4. The van der Waals surface area contributed by atoms with Crippen molar-refractivity contribution in [1.29, 1.82) is 0 Å². The summed E-state index contributed by atoms with van der Waals surface area (Å²) in [4.78, 5) is 9.31. The minimum absolute atomic E-state index is 0.886. The highest BCUT2D eigenvalue weighted by molar-refractivity contribution is 7.77. The molecule has 94 valence electrons. The maximum atomic E-state index is 9.32. The second-order valence-electron chi connectivity index (χ2n) is 3.20. The minimum Gasteiger partial charge on any atom is -0.755 e. The Morgan fingerprint density at radius 2 is 2.18 bits per heavy atom. The van der Waals surface area contributed by atoms with Crippen LogP contribution in [-0.4, -0.2) is 26.6 Å². The Morgan fingerprint density at radius 3 is 2.71 bits per heavy atom. The number of para-hydroxylation sites is 1. The Morgan fingerprint density at radius 1 is 1.47 bits per heavy atom. The number of nitrogens with one attached hydrogen (secondary N) is 1. The summed E-state index contributed by atoms with van der Waals surface area (Å²) in [5.74, 6) is 1.08. The van der Waals surface area contributed by atoms with Gasteiger partial charge in [0.25, 0.3) is 0 Å². The molecule has 2 rings (SSSR count). The van der Waals surface area contributed by atoms with Gasteiger partial charge in [0, 0.05) is 11.3 Å². The maximum Gasteiger partial charge on any atom is 0.415 e. The van der Waals surface area contributed by atoms with E-state index in [0.717, 1.165) is 23.5 Å². The van der Waals surface area contributed by atoms with Crippen LogP contribution in [0.15, 0.2) is 24.3 Å². The van der Waals surface area contributed by atoms with Gasteiger partial charge in [0.1, 0.15) is 5.75 Å². The van der Waals surface area contributed by atoms with Crippen molar-refractivity contribution in [2.45, 2.75) is 12.8 Å². The molecule has 0 fully saturated rings. The van der Waals surface area contributed by atoms with E-state index in [1.54, 1.807) is 0 Å². The molecule has 0 aromatic heterocycles. The largest absolute Gasteiger partial charge is 0.755 e. The Labute approximate surface area is 101 Å². The molecule has 1 aliphatic rings. The summed E-state index contributed by atoms with van der Waals surface area (Å²) in [6, 6.07) is 8.25. The fourth-order valence-electron chi connectivity index (χ4n) is 1.37. The molecule has 2 N–H and O–H groups in total. The Bertz CT molecular complexity index is 372. The minimum atomic E-state index is -2.70. The highest BCUT2D eigenvalue weighted by atomic mass is 32.2. The SMILES string of the molecule is O=C(O)NS(=O)[O-].c1ccc2c(c1)CCCO2. The molecule has 0 bridgehead atoms. The summed E-state index contributed by atoms with van der Waals surface area (Å²) < 4.78 is 25.2. The smallest absolute Gasteiger partial charge is 0.415 e. The van der Waals surface area contributed by atoms with E-state index in [2.05, 4.69) is 12.1 Å². The number of rotatable bonds is 1. The molecule has 7 heteroatoms. The van der Waals surface area contributed by atoms with Crippen molar-refractivity contribution in [2.75, 3.05) is 6.61 Å². The summed E-state index contributed by atoms with van der Waals surface area (Å²) in [6.07, 6.45) is 0.765. The number of amides is 1. The van der Waals surface area contributed by atoms with Crippen LogP contribution >= 0.6 is 0 Å². The van der Waals surface area contributed by atoms with Crippen LogP contribution in [0.2, 0.25) is 0 Å². The zero-order valence-corrected chi connectivity index (χ0v) is 9.74. The molecule has 1 aromatic carbocycles. The van der Waals surface area contributed by atoms with E-state index >= 15 is 0 Å². The highest BCUT2D eigenvalue weighted by Gasteiger charge is 2.06. The van der Waals surface area contributed by atoms with E-state index in [1.807, 2.05) is 12.1 Å². The molecule has 0 aliphatic carbocycles. The summed E-state index contributed by atoms with van der Waals surface area (Å²) in [5.41, 5.74) is 1.36. The van der Waals surface area contributed by atoms with Gasteiger partial charge in [0.2, 0.25) is 0 Å². The lowest BCUT2D eigenvalue weighted by atomic mass is 10.1. The second kappa shape index (κ2) is 6.87. The van der Waals surface area contributed by atoms with Crippen molar-refractivity contribution >= 4 is 17.4 Å². The molecule has 0 saturated carbocycles. The van der Waals surface area contributed by atoms with Crippen LogP contribution < -0.4 is 9.46 Å². The van der Waals surface area contributed by atoms with Gasteiger partial charge in [-0.15, -0.1) is 0 Å². The molecule has 0 saturated heterocycles. The number of aryl methyl sites for hydroxylation is 1. The van der Waals surface area contributed by atoms with Gasteiger partial charge >= 0.3 is 6.09 Å². The molecular formula is C10H12NO5S-. The second-order valence-corrected chi connectivity index (χ2v) is 3.88. The van der Waals surface area contributed by atoms with Gasteiger partial charge in [-0.05, 0) is 24.5 Å². The van der Waals surface area contributed by atoms with Gasteiger partial charge in [-0.3, -0.25) is 8.93 Å². The molecule has 17 heavy (non-hydrogen) atoms. The summed E-state index contributed by atoms with van der Waals surface area (Å²) >= 11 is -2.70. The van der Waals surface area contributed by atoms with Gasteiger partial charge in [0.05, 0.1) is 6.61 Å². The number of carbonyl (C=O) groups is 1. The molecule has 6 nitrogen and oxygen atoms in total. The van der Waals surface area contributed by atoms with Crippen molar-refractivity contribution in [2.24, 2.45) is 0 Å². The third-order valence-electron chi connectivity index (χ3n) is 1.99. The van der Waals surface area contributed by atoms with E-state index in [-0.39, 0.29) is 0 Å². The molecule has 1 unspecified atom stereocenters. The van der Waals surface area contributed by atoms with Crippen molar-refractivity contribution in [1.82, 2.24) is 4.72 Å². The Kier molecular flexibility index (Phi) is 5.44. The molecule has 1 amide bonds. The first-order chi connectivity index (χ1) is 8.09. The van der Waals surface area contributed by atoms with Crippen molar-refractivity contribution < 1.29 is 23.4 Å². The number of hydrogen-bond acceptors (Lipinski definition) is 4. The van der Waals surface area contributed by atoms with E-state index in [9.17, 15) is 13.6 Å². The van der Waals surface area contributed by atoms with Gasteiger partial charge in [-0.25, -0.2) is 4.79 Å². The first-order valence-electron chi connectivity index (χ1n) is 4.89. The van der Waals surface area contributed by atoms with Crippen LogP contribution in [0.1, 0.15) is 12.0 Å². The topological polar surface area (TPSA) is 98.7 Å². The average molecular weight is 258 g/mol. The lowest BCUT2D eigenvalue weighted by Crippen LogP contribution is -2.22. The quantitative estimate of drug-likeness (QED) is 0.734. The molecule has 0 spiro atoms. The Hall–Kier alpha value is -1.60. The van der Waals surface area contributed by atoms with Crippen LogP contribution in [-0.2, 0) is 17.7 Å². The standard InChI is InChI=1S/C9H10O.CH3NO4S/c1-2-6-9-8(4-1)5-3-7-10-9;3-1(4)2-7(5)6/h1-2,4,6H,3,5,7H2;2H,(H,3,4)(H,5,6)/p-1. The average Bonchev–Trinajstić information content (AvgIpc) is 2.28. The molecule has 1 aromatic rings. The number of hydrogen-bond donors (Lipinski definition) is 2. The molecule has 1 heterocycles. The number of benzene rings is 1. The monoisotopic (exact) mass is 258 g/mol. The maximum absolute atomic E-state index is 9.32. The van der Waals surface area contributed by atoms with Crippen LogP contribution in [0.3, 0.4) is 0 Å². The lowest BCUT2D eigenvalue weighted by molar-refractivity contribution is 0.200. The summed E-state index contributed by atoms with van der Waals surface area (Å²) in [7, 11) is 0. The van der Waals surface area contributed by atoms with Crippen LogP contribution in [0, 0.1) is 0 Å². The van der Waals surface area contributed by atoms with Gasteiger partial charge in [-0.2, -0.15) is 0 Å². The molecule has 1 atom stereocenters. The number of carboxylic acid groups (broad SMARTS) is 1. The van der Waals surface area contributed by atoms with Gasteiger partial charge in [-0.1, -0.05) is 18.2 Å². The van der Waals surface area contributed by atoms with Gasteiger partial charge < -0.3 is 14.4 Å². The van der Waals surface area contributed by atoms with Crippen molar-refractivity contribution in [3.63, 3.8) is 0 Å². The van der Waals surface area contributed by atoms with E-state index in [4.69, 9.17) is 9.84 Å². The summed E-state index contributed by atoms with van der Waals surface area (Å²) in [5, 5.41) is 7.58. The zero-order chi connectivity index (χ0) is 12.7. The highest BCUT2D eigenvalue weighted by Crippen LogP contribution is 2.22. The predicted octanol–water partition coefficient (Wildman–Crippen LogP) is 1.06. The van der Waals surface area contributed by atoms with Crippen LogP contribution in [0.4, 0.5) is 4.79 Å².